The highest BCUT2D eigenvalue weighted by atomic mass is 79.9. The molecule has 3 nitrogen and oxygen atoms in total. The molecule has 5 heteroatoms. The minimum atomic E-state index is 0. The molecule has 0 unspecified atom stereocenters. The lowest BCUT2D eigenvalue weighted by atomic mass is 10.7. The van der Waals surface area contributed by atoms with Gasteiger partial charge < -0.3 is 21.7 Å². The summed E-state index contributed by atoms with van der Waals surface area (Å²) in [6, 6.07) is 1.71. The van der Waals surface area contributed by atoms with E-state index in [1.165, 1.54) is 0 Å². The Morgan fingerprint density at radius 1 is 1.73 bits per heavy atom. The maximum absolute atomic E-state index is 5.55. The largest absolute Gasteiger partial charge is 1.00 e. The molecule has 0 aliphatic rings. The lowest BCUT2D eigenvalue weighted by molar-refractivity contribution is -0.733. The molecule has 0 bridgehead atoms. The van der Waals surface area contributed by atoms with Crippen molar-refractivity contribution in [3.05, 3.63) is 23.7 Å². The van der Waals surface area contributed by atoms with E-state index in [0.29, 0.717) is 11.9 Å². The number of ether oxygens (including phenoxy) is 1. The van der Waals surface area contributed by atoms with Gasteiger partial charge in [0.05, 0.1) is 6.20 Å². The van der Waals surface area contributed by atoms with Gasteiger partial charge in [-0.2, -0.15) is 0 Å². The molecule has 0 amide bonds. The molecule has 0 aliphatic heterocycles. The quantitative estimate of drug-likeness (QED) is 0.426. The summed E-state index contributed by atoms with van der Waals surface area (Å²) >= 11 is 5.55. The van der Waals surface area contributed by atoms with Crippen molar-refractivity contribution in [2.24, 2.45) is 0 Å². The molecule has 1 aromatic heterocycles. The number of halogens is 2. The van der Waals surface area contributed by atoms with Gasteiger partial charge in [0.1, 0.15) is 0 Å². The first-order valence-corrected chi connectivity index (χ1v) is 3.20. The summed E-state index contributed by atoms with van der Waals surface area (Å²) in [6.07, 6.45) is 3.42. The van der Waals surface area contributed by atoms with E-state index in [1.54, 1.807) is 30.3 Å². The molecule has 0 atom stereocenters. The lowest BCUT2D eigenvalue weighted by Crippen LogP contribution is -3.00. The SMILES string of the molecule is COC[n+]1ccc(Cl)nc1.[Br-]. The van der Waals surface area contributed by atoms with Crippen molar-refractivity contribution in [1.82, 2.24) is 4.98 Å². The molecule has 1 rings (SSSR count). The van der Waals surface area contributed by atoms with Crippen LogP contribution < -0.4 is 21.5 Å². The van der Waals surface area contributed by atoms with Crippen LogP contribution in [0.4, 0.5) is 0 Å². The molecule has 62 valence electrons. The van der Waals surface area contributed by atoms with E-state index in [0.717, 1.165) is 0 Å². The summed E-state index contributed by atoms with van der Waals surface area (Å²) in [4.78, 5) is 3.85. The Morgan fingerprint density at radius 2 is 2.45 bits per heavy atom. The van der Waals surface area contributed by atoms with Crippen LogP contribution in [0, 0.1) is 0 Å². The van der Waals surface area contributed by atoms with Gasteiger partial charge >= 0.3 is 0 Å². The second-order valence-corrected chi connectivity index (χ2v) is 2.20. The normalized spacial score (nSPS) is 8.91. The van der Waals surface area contributed by atoms with Gasteiger partial charge in [-0.05, 0) is 16.6 Å². The van der Waals surface area contributed by atoms with E-state index in [-0.39, 0.29) is 17.0 Å². The van der Waals surface area contributed by atoms with E-state index in [2.05, 4.69) is 4.98 Å². The smallest absolute Gasteiger partial charge is 0.289 e. The maximum atomic E-state index is 5.55. The third-order valence-corrected chi connectivity index (χ3v) is 1.23. The van der Waals surface area contributed by atoms with Crippen LogP contribution in [0.3, 0.4) is 0 Å². The Bertz CT molecular complexity index is 204. The van der Waals surface area contributed by atoms with E-state index in [4.69, 9.17) is 16.3 Å². The molecule has 11 heavy (non-hydrogen) atoms. The fourth-order valence-corrected chi connectivity index (χ4v) is 0.694. The number of hydrogen-bond donors (Lipinski definition) is 0. The number of rotatable bonds is 2. The molecule has 0 radical (unpaired) electrons. The van der Waals surface area contributed by atoms with Crippen LogP contribution in [-0.2, 0) is 11.5 Å². The summed E-state index contributed by atoms with van der Waals surface area (Å²) in [5.74, 6) is 0. The third-order valence-electron chi connectivity index (χ3n) is 1.01. The number of nitrogens with zero attached hydrogens (tertiary/aromatic N) is 2. The zero-order valence-corrected chi connectivity index (χ0v) is 8.34. The van der Waals surface area contributed by atoms with Crippen LogP contribution in [0.2, 0.25) is 5.15 Å². The third kappa shape index (κ3) is 3.65. The monoisotopic (exact) mass is 238 g/mol. The van der Waals surface area contributed by atoms with Crippen molar-refractivity contribution < 1.29 is 26.3 Å². The molecule has 1 heterocycles. The van der Waals surface area contributed by atoms with Crippen LogP contribution in [0.15, 0.2) is 18.6 Å². The van der Waals surface area contributed by atoms with Crippen LogP contribution >= 0.6 is 11.6 Å². The molecule has 1 aromatic rings. The molecule has 0 N–H and O–H groups in total. The molecule has 0 saturated carbocycles. The molecule has 0 aromatic carbocycles. The van der Waals surface area contributed by atoms with Crippen molar-refractivity contribution in [3.63, 3.8) is 0 Å². The standard InChI is InChI=1S/C6H8ClN2O.BrH/c1-10-5-9-3-2-6(7)8-4-9;/h2-4H,5H2,1H3;1H/q+1;/p-1. The average Bonchev–Trinajstić information content (AvgIpc) is 1.95. The summed E-state index contributed by atoms with van der Waals surface area (Å²) in [6.45, 7) is 0.504. The second-order valence-electron chi connectivity index (χ2n) is 1.82. The highest BCUT2D eigenvalue weighted by Crippen LogP contribution is 1.96. The van der Waals surface area contributed by atoms with Crippen molar-refractivity contribution in [1.29, 1.82) is 0 Å². The van der Waals surface area contributed by atoms with E-state index in [1.807, 2.05) is 0 Å². The minimum absolute atomic E-state index is 0. The zero-order valence-electron chi connectivity index (χ0n) is 6.00. The van der Waals surface area contributed by atoms with Crippen molar-refractivity contribution in [3.8, 4) is 0 Å². The first-order chi connectivity index (χ1) is 4.83. The summed E-state index contributed by atoms with van der Waals surface area (Å²) in [5, 5.41) is 0.493. The Kier molecular flexibility index (Phi) is 5.36. The molecule has 0 fully saturated rings. The van der Waals surface area contributed by atoms with E-state index in [9.17, 15) is 0 Å². The first kappa shape index (κ1) is 10.8. The average molecular weight is 240 g/mol. The van der Waals surface area contributed by atoms with Gasteiger partial charge in [-0.3, -0.25) is 0 Å². The van der Waals surface area contributed by atoms with Crippen LogP contribution in [-0.4, -0.2) is 12.1 Å². The predicted molar refractivity (Wildman–Crippen MR) is 36.5 cm³/mol. The Morgan fingerprint density at radius 3 is 2.91 bits per heavy atom. The topological polar surface area (TPSA) is 26.0 Å². The summed E-state index contributed by atoms with van der Waals surface area (Å²) in [7, 11) is 1.63. The van der Waals surface area contributed by atoms with E-state index < -0.39 is 0 Å². The molecule has 0 saturated heterocycles. The van der Waals surface area contributed by atoms with Crippen molar-refractivity contribution in [2.45, 2.75) is 6.73 Å². The maximum Gasteiger partial charge on any atom is 0.289 e. The number of methoxy groups -OCH3 is 1. The van der Waals surface area contributed by atoms with Crippen LogP contribution in [0.25, 0.3) is 0 Å². The van der Waals surface area contributed by atoms with E-state index >= 15 is 0 Å². The fraction of sp³-hybridized carbons (Fsp3) is 0.333. The summed E-state index contributed by atoms with van der Waals surface area (Å²) < 4.78 is 6.63. The highest BCUT2D eigenvalue weighted by Gasteiger charge is 1.97. The van der Waals surface area contributed by atoms with Gasteiger partial charge in [0, 0.05) is 13.2 Å². The second kappa shape index (κ2) is 5.46. The number of aromatic nitrogens is 2. The van der Waals surface area contributed by atoms with Crippen LogP contribution in [0.1, 0.15) is 0 Å². The van der Waals surface area contributed by atoms with Gasteiger partial charge in [0.25, 0.3) is 6.33 Å². The molecular weight excluding hydrogens is 231 g/mol. The number of hydrogen-bond acceptors (Lipinski definition) is 2. The zero-order chi connectivity index (χ0) is 7.40. The van der Waals surface area contributed by atoms with Gasteiger partial charge in [-0.15, -0.1) is 0 Å². The molecule has 0 spiro atoms. The Hall–Kier alpha value is -0.190. The lowest BCUT2D eigenvalue weighted by Gasteiger charge is -1.93. The first-order valence-electron chi connectivity index (χ1n) is 2.82. The fourth-order valence-electron chi connectivity index (χ4n) is 0.594. The molecule has 0 aliphatic carbocycles. The highest BCUT2D eigenvalue weighted by molar-refractivity contribution is 6.29. The minimum Gasteiger partial charge on any atom is -1.00 e. The van der Waals surface area contributed by atoms with Crippen molar-refractivity contribution in [2.75, 3.05) is 7.11 Å². The van der Waals surface area contributed by atoms with Crippen LogP contribution in [0.5, 0.6) is 0 Å². The Labute approximate surface area is 80.7 Å². The van der Waals surface area contributed by atoms with Gasteiger partial charge in [0.2, 0.25) is 5.15 Å². The van der Waals surface area contributed by atoms with Gasteiger partial charge in [-0.1, -0.05) is 0 Å². The molecular formula is C6H8BrClN2O. The summed E-state index contributed by atoms with van der Waals surface area (Å²) in [5.41, 5.74) is 0. The van der Waals surface area contributed by atoms with Gasteiger partial charge in [-0.25, -0.2) is 4.57 Å². The predicted octanol–water partition coefficient (Wildman–Crippen LogP) is -2.37. The van der Waals surface area contributed by atoms with Crippen molar-refractivity contribution >= 4 is 11.6 Å². The Balaban J connectivity index is 0.000001000. The van der Waals surface area contributed by atoms with Gasteiger partial charge in [0.15, 0.2) is 6.73 Å².